The Morgan fingerprint density at radius 1 is 0.966 bits per heavy atom. The third-order valence-corrected chi connectivity index (χ3v) is 4.85. The van der Waals surface area contributed by atoms with Crippen molar-refractivity contribution in [2.45, 2.75) is 6.92 Å². The molecule has 6 heteroatoms. The highest BCUT2D eigenvalue weighted by molar-refractivity contribution is 6.30. The molecule has 0 atom stereocenters. The molecule has 1 N–H and O–H groups in total. The van der Waals surface area contributed by atoms with Gasteiger partial charge in [-0.25, -0.2) is 4.39 Å². The number of carbonyl (C=O) groups excluding carboxylic acids is 2. The number of hydrogen-bond acceptors (Lipinski definition) is 3. The molecule has 0 spiro atoms. The highest BCUT2D eigenvalue weighted by atomic mass is 35.5. The van der Waals surface area contributed by atoms with Crippen LogP contribution in [-0.4, -0.2) is 11.7 Å². The van der Waals surface area contributed by atoms with Crippen LogP contribution in [-0.2, 0) is 0 Å². The molecule has 1 amide bonds. The molecule has 0 aliphatic heterocycles. The number of rotatable bonds is 4. The summed E-state index contributed by atoms with van der Waals surface area (Å²) in [5.41, 5.74) is 2.40. The molecular formula is C23H15ClFNO3. The molecule has 0 unspecified atom stereocenters. The molecule has 1 aromatic heterocycles. The van der Waals surface area contributed by atoms with Gasteiger partial charge in [-0.3, -0.25) is 9.59 Å². The summed E-state index contributed by atoms with van der Waals surface area (Å²) in [4.78, 5) is 25.1. The SMILES string of the molecule is Cc1c(C(=O)c2ccc(Cl)cc2)oc2ccc(NC(=O)c3cccc(F)c3)cc12. The van der Waals surface area contributed by atoms with Gasteiger partial charge in [-0.2, -0.15) is 0 Å². The van der Waals surface area contributed by atoms with Gasteiger partial charge in [0.25, 0.3) is 5.91 Å². The van der Waals surface area contributed by atoms with Crippen molar-refractivity contribution in [1.29, 1.82) is 0 Å². The fourth-order valence-electron chi connectivity index (χ4n) is 3.08. The molecule has 0 fully saturated rings. The van der Waals surface area contributed by atoms with E-state index in [0.717, 1.165) is 0 Å². The first-order valence-electron chi connectivity index (χ1n) is 8.83. The normalized spacial score (nSPS) is 10.9. The van der Waals surface area contributed by atoms with Crippen molar-refractivity contribution >= 4 is 39.9 Å². The van der Waals surface area contributed by atoms with Gasteiger partial charge in [0.15, 0.2) is 5.76 Å². The van der Waals surface area contributed by atoms with Crippen LogP contribution in [0.2, 0.25) is 5.02 Å². The number of carbonyl (C=O) groups is 2. The van der Waals surface area contributed by atoms with Gasteiger partial charge in [-0.05, 0) is 67.6 Å². The monoisotopic (exact) mass is 407 g/mol. The summed E-state index contributed by atoms with van der Waals surface area (Å²) in [6.07, 6.45) is 0. The molecule has 4 rings (SSSR count). The predicted molar refractivity (Wildman–Crippen MR) is 110 cm³/mol. The Balaban J connectivity index is 1.64. The number of fused-ring (bicyclic) bond motifs is 1. The van der Waals surface area contributed by atoms with Crippen LogP contribution in [0.5, 0.6) is 0 Å². The summed E-state index contributed by atoms with van der Waals surface area (Å²) < 4.78 is 19.1. The lowest BCUT2D eigenvalue weighted by Crippen LogP contribution is -2.11. The van der Waals surface area contributed by atoms with Crippen LogP contribution in [0.3, 0.4) is 0 Å². The minimum Gasteiger partial charge on any atom is -0.452 e. The van der Waals surface area contributed by atoms with Crippen LogP contribution < -0.4 is 5.32 Å². The summed E-state index contributed by atoms with van der Waals surface area (Å²) in [7, 11) is 0. The zero-order valence-corrected chi connectivity index (χ0v) is 16.1. The van der Waals surface area contributed by atoms with E-state index >= 15 is 0 Å². The number of furan rings is 1. The zero-order valence-electron chi connectivity index (χ0n) is 15.3. The Bertz CT molecular complexity index is 1240. The molecule has 29 heavy (non-hydrogen) atoms. The van der Waals surface area contributed by atoms with Crippen LogP contribution >= 0.6 is 11.6 Å². The van der Waals surface area contributed by atoms with E-state index in [1.54, 1.807) is 49.4 Å². The minimum absolute atomic E-state index is 0.215. The van der Waals surface area contributed by atoms with Gasteiger partial charge in [0.05, 0.1) is 0 Å². The summed E-state index contributed by atoms with van der Waals surface area (Å²) >= 11 is 5.88. The molecule has 0 saturated carbocycles. The van der Waals surface area contributed by atoms with E-state index < -0.39 is 11.7 Å². The van der Waals surface area contributed by atoms with Gasteiger partial charge in [0.2, 0.25) is 5.78 Å². The van der Waals surface area contributed by atoms with Crippen molar-refractivity contribution in [3.8, 4) is 0 Å². The first kappa shape index (κ1) is 18.9. The summed E-state index contributed by atoms with van der Waals surface area (Å²) in [6.45, 7) is 1.78. The second-order valence-electron chi connectivity index (χ2n) is 6.57. The van der Waals surface area contributed by atoms with Gasteiger partial charge in [-0.1, -0.05) is 17.7 Å². The maximum Gasteiger partial charge on any atom is 0.255 e. The maximum atomic E-state index is 13.3. The number of nitrogens with one attached hydrogen (secondary N) is 1. The molecule has 0 aliphatic carbocycles. The van der Waals surface area contributed by atoms with Crippen LogP contribution in [0.1, 0.15) is 32.0 Å². The molecular weight excluding hydrogens is 393 g/mol. The van der Waals surface area contributed by atoms with Gasteiger partial charge in [0.1, 0.15) is 11.4 Å². The summed E-state index contributed by atoms with van der Waals surface area (Å²) in [5.74, 6) is -0.928. The molecule has 3 aromatic carbocycles. The Morgan fingerprint density at radius 2 is 1.72 bits per heavy atom. The lowest BCUT2D eigenvalue weighted by molar-refractivity contribution is 0.101. The number of hydrogen-bond donors (Lipinski definition) is 1. The number of benzene rings is 3. The second kappa shape index (κ2) is 7.53. The molecule has 0 saturated heterocycles. The lowest BCUT2D eigenvalue weighted by atomic mass is 10.0. The number of aryl methyl sites for hydroxylation is 1. The highest BCUT2D eigenvalue weighted by Gasteiger charge is 2.20. The first-order valence-corrected chi connectivity index (χ1v) is 9.20. The van der Waals surface area contributed by atoms with E-state index in [-0.39, 0.29) is 17.1 Å². The van der Waals surface area contributed by atoms with Crippen molar-refractivity contribution in [3.63, 3.8) is 0 Å². The molecule has 4 aromatic rings. The topological polar surface area (TPSA) is 59.3 Å². The molecule has 4 nitrogen and oxygen atoms in total. The Morgan fingerprint density at radius 3 is 2.45 bits per heavy atom. The van der Waals surface area contributed by atoms with Gasteiger partial charge in [-0.15, -0.1) is 0 Å². The van der Waals surface area contributed by atoms with E-state index in [2.05, 4.69) is 5.32 Å². The third-order valence-electron chi connectivity index (χ3n) is 4.59. The average molecular weight is 408 g/mol. The fraction of sp³-hybridized carbons (Fsp3) is 0.0435. The Labute approximate surface area is 170 Å². The number of anilines is 1. The van der Waals surface area contributed by atoms with Gasteiger partial charge < -0.3 is 9.73 Å². The zero-order chi connectivity index (χ0) is 20.5. The average Bonchev–Trinajstić information content (AvgIpc) is 3.04. The number of halogens is 2. The molecule has 0 aliphatic rings. The molecule has 0 radical (unpaired) electrons. The van der Waals surface area contributed by atoms with E-state index in [4.69, 9.17) is 16.0 Å². The van der Waals surface area contributed by atoms with Crippen molar-refractivity contribution in [3.05, 3.63) is 100 Å². The van der Waals surface area contributed by atoms with Crippen molar-refractivity contribution in [1.82, 2.24) is 0 Å². The summed E-state index contributed by atoms with van der Waals surface area (Å²) in [6, 6.07) is 17.1. The largest absolute Gasteiger partial charge is 0.452 e. The Kier molecular flexibility index (Phi) is 4.91. The van der Waals surface area contributed by atoms with Crippen LogP contribution in [0.25, 0.3) is 11.0 Å². The maximum absolute atomic E-state index is 13.3. The standard InChI is InChI=1S/C23H15ClFNO3/c1-13-19-12-18(26-23(28)15-3-2-4-17(25)11-15)9-10-20(19)29-22(13)21(27)14-5-7-16(24)8-6-14/h2-12H,1H3,(H,26,28). The van der Waals surface area contributed by atoms with E-state index in [1.165, 1.54) is 24.3 Å². The van der Waals surface area contributed by atoms with E-state index in [9.17, 15) is 14.0 Å². The number of amides is 1. The van der Waals surface area contributed by atoms with Gasteiger partial charge >= 0.3 is 0 Å². The van der Waals surface area contributed by atoms with Crippen molar-refractivity contribution < 1.29 is 18.4 Å². The van der Waals surface area contributed by atoms with Crippen LogP contribution in [0, 0.1) is 12.7 Å². The summed E-state index contributed by atoms with van der Waals surface area (Å²) in [5, 5.41) is 3.99. The van der Waals surface area contributed by atoms with Crippen molar-refractivity contribution in [2.75, 3.05) is 5.32 Å². The van der Waals surface area contributed by atoms with Crippen LogP contribution in [0.15, 0.2) is 71.1 Å². The minimum atomic E-state index is -0.482. The predicted octanol–water partition coefficient (Wildman–Crippen LogP) is 6.02. The second-order valence-corrected chi connectivity index (χ2v) is 7.00. The number of ketones is 1. The fourth-order valence-corrected chi connectivity index (χ4v) is 3.21. The van der Waals surface area contributed by atoms with E-state index in [1.807, 2.05) is 0 Å². The molecule has 0 bridgehead atoms. The lowest BCUT2D eigenvalue weighted by Gasteiger charge is -2.05. The van der Waals surface area contributed by atoms with Gasteiger partial charge in [0, 0.05) is 32.8 Å². The van der Waals surface area contributed by atoms with Crippen LogP contribution in [0.4, 0.5) is 10.1 Å². The van der Waals surface area contributed by atoms with Crippen molar-refractivity contribution in [2.24, 2.45) is 0 Å². The molecule has 1 heterocycles. The quantitative estimate of drug-likeness (QED) is 0.421. The molecule has 144 valence electrons. The first-order chi connectivity index (χ1) is 13.9. The smallest absolute Gasteiger partial charge is 0.255 e. The van der Waals surface area contributed by atoms with E-state index in [0.29, 0.717) is 32.8 Å². The Hall–Kier alpha value is -3.44. The highest BCUT2D eigenvalue weighted by Crippen LogP contribution is 2.30. The third kappa shape index (κ3) is 3.77.